The van der Waals surface area contributed by atoms with E-state index < -0.39 is 0 Å². The molecule has 1 N–H and O–H groups in total. The molecule has 1 saturated heterocycles. The maximum atomic E-state index is 6.12. The molecule has 0 spiro atoms. The van der Waals surface area contributed by atoms with Crippen molar-refractivity contribution in [2.45, 2.75) is 13.0 Å². The molecule has 118 valence electrons. The third kappa shape index (κ3) is 5.31. The molecule has 1 fully saturated rings. The number of rotatable bonds is 7. The normalized spacial score (nSPS) is 16.1. The summed E-state index contributed by atoms with van der Waals surface area (Å²) in [4.78, 5) is 2.44. The van der Waals surface area contributed by atoms with Gasteiger partial charge in [-0.25, -0.2) is 0 Å². The number of nitrogens with one attached hydrogen (secondary N) is 1. The second kappa shape index (κ2) is 8.81. The lowest BCUT2D eigenvalue weighted by molar-refractivity contribution is 0.0374. The van der Waals surface area contributed by atoms with E-state index in [2.05, 4.69) is 10.2 Å². The lowest BCUT2D eigenvalue weighted by Gasteiger charge is -2.26. The Bertz CT molecular complexity index is 428. The third-order valence-electron chi connectivity index (χ3n) is 3.52. The van der Waals surface area contributed by atoms with Crippen molar-refractivity contribution in [2.24, 2.45) is 0 Å². The van der Waals surface area contributed by atoms with Gasteiger partial charge in [-0.2, -0.15) is 0 Å². The number of hydrogen-bond donors (Lipinski definition) is 1. The quantitative estimate of drug-likeness (QED) is 0.778. The van der Waals surface area contributed by atoms with E-state index in [1.54, 1.807) is 7.11 Å². The van der Waals surface area contributed by atoms with Crippen molar-refractivity contribution in [3.8, 4) is 5.75 Å². The van der Waals surface area contributed by atoms with Crippen molar-refractivity contribution < 1.29 is 9.47 Å². The first-order valence-electron chi connectivity index (χ1n) is 7.23. The van der Waals surface area contributed by atoms with Crippen LogP contribution in [-0.4, -0.2) is 51.4 Å². The molecular formula is C15H22Cl2N2O2. The summed E-state index contributed by atoms with van der Waals surface area (Å²) in [6, 6.07) is 3.78. The Morgan fingerprint density at radius 3 is 2.52 bits per heavy atom. The predicted octanol–water partition coefficient (Wildman–Crippen LogP) is 2.81. The SMILES string of the molecule is COc1c(Cl)cc(CNCCCN2CCOCC2)cc1Cl. The second-order valence-corrected chi connectivity index (χ2v) is 5.89. The zero-order chi connectivity index (χ0) is 15.1. The van der Waals surface area contributed by atoms with Gasteiger partial charge in [0.05, 0.1) is 30.4 Å². The summed E-state index contributed by atoms with van der Waals surface area (Å²) in [5.74, 6) is 0.536. The standard InChI is InChI=1S/C15H22Cl2N2O2/c1-20-15-13(16)9-12(10-14(15)17)11-18-3-2-4-19-5-7-21-8-6-19/h9-10,18H,2-8,11H2,1H3. The van der Waals surface area contributed by atoms with Crippen molar-refractivity contribution >= 4 is 23.2 Å². The van der Waals surface area contributed by atoms with Gasteiger partial charge < -0.3 is 14.8 Å². The molecule has 0 saturated carbocycles. The molecule has 2 rings (SSSR count). The highest BCUT2D eigenvalue weighted by molar-refractivity contribution is 6.37. The van der Waals surface area contributed by atoms with Crippen LogP contribution in [0.3, 0.4) is 0 Å². The maximum Gasteiger partial charge on any atom is 0.156 e. The van der Waals surface area contributed by atoms with Crippen molar-refractivity contribution in [1.29, 1.82) is 0 Å². The van der Waals surface area contributed by atoms with Gasteiger partial charge in [0.15, 0.2) is 5.75 Å². The maximum absolute atomic E-state index is 6.12. The number of benzene rings is 1. The smallest absolute Gasteiger partial charge is 0.156 e. The molecule has 1 aliphatic heterocycles. The van der Waals surface area contributed by atoms with E-state index >= 15 is 0 Å². The van der Waals surface area contributed by atoms with Crippen LogP contribution >= 0.6 is 23.2 Å². The van der Waals surface area contributed by atoms with E-state index in [0.29, 0.717) is 15.8 Å². The molecule has 21 heavy (non-hydrogen) atoms. The van der Waals surface area contributed by atoms with Gasteiger partial charge in [-0.1, -0.05) is 23.2 Å². The topological polar surface area (TPSA) is 33.7 Å². The van der Waals surface area contributed by atoms with Crippen molar-refractivity contribution in [2.75, 3.05) is 46.5 Å². The van der Waals surface area contributed by atoms with E-state index in [1.165, 1.54) is 0 Å². The molecule has 0 amide bonds. The zero-order valence-electron chi connectivity index (χ0n) is 12.3. The minimum absolute atomic E-state index is 0.536. The monoisotopic (exact) mass is 332 g/mol. The Balaban J connectivity index is 1.68. The second-order valence-electron chi connectivity index (χ2n) is 5.08. The predicted molar refractivity (Wildman–Crippen MR) is 86.6 cm³/mol. The van der Waals surface area contributed by atoms with E-state index in [4.69, 9.17) is 32.7 Å². The molecule has 0 radical (unpaired) electrons. The molecule has 6 heteroatoms. The Morgan fingerprint density at radius 2 is 1.90 bits per heavy atom. The Kier molecular flexibility index (Phi) is 7.07. The highest BCUT2D eigenvalue weighted by Crippen LogP contribution is 2.33. The van der Waals surface area contributed by atoms with Crippen LogP contribution < -0.4 is 10.1 Å². The van der Waals surface area contributed by atoms with Crippen LogP contribution in [0.4, 0.5) is 0 Å². The molecule has 1 heterocycles. The van der Waals surface area contributed by atoms with Crippen LogP contribution in [0.25, 0.3) is 0 Å². The van der Waals surface area contributed by atoms with Crippen molar-refractivity contribution in [3.63, 3.8) is 0 Å². The van der Waals surface area contributed by atoms with Crippen LogP contribution in [0.5, 0.6) is 5.75 Å². The van der Waals surface area contributed by atoms with Crippen molar-refractivity contribution in [1.82, 2.24) is 10.2 Å². The van der Waals surface area contributed by atoms with Gasteiger partial charge in [-0.15, -0.1) is 0 Å². The highest BCUT2D eigenvalue weighted by atomic mass is 35.5. The molecule has 0 unspecified atom stereocenters. The lowest BCUT2D eigenvalue weighted by atomic mass is 10.2. The van der Waals surface area contributed by atoms with Gasteiger partial charge in [-0.3, -0.25) is 4.90 Å². The minimum atomic E-state index is 0.536. The Hall–Kier alpha value is -0.520. The molecule has 0 aliphatic carbocycles. The molecular weight excluding hydrogens is 311 g/mol. The van der Waals surface area contributed by atoms with Gasteiger partial charge in [0.2, 0.25) is 0 Å². The van der Waals surface area contributed by atoms with E-state index in [1.807, 2.05) is 12.1 Å². The van der Waals surface area contributed by atoms with Crippen LogP contribution in [0, 0.1) is 0 Å². The van der Waals surface area contributed by atoms with Gasteiger partial charge >= 0.3 is 0 Å². The van der Waals surface area contributed by atoms with Gasteiger partial charge in [0.1, 0.15) is 0 Å². The van der Waals surface area contributed by atoms with Crippen LogP contribution in [0.2, 0.25) is 10.0 Å². The summed E-state index contributed by atoms with van der Waals surface area (Å²) in [6.45, 7) is 6.64. The number of morpholine rings is 1. The first-order valence-corrected chi connectivity index (χ1v) is 7.99. The summed E-state index contributed by atoms with van der Waals surface area (Å²) in [6.07, 6.45) is 1.12. The average Bonchev–Trinajstić information content (AvgIpc) is 2.48. The van der Waals surface area contributed by atoms with Crippen LogP contribution in [0.15, 0.2) is 12.1 Å². The fourth-order valence-corrected chi connectivity index (χ4v) is 3.08. The Labute approximate surface area is 136 Å². The fraction of sp³-hybridized carbons (Fsp3) is 0.600. The number of methoxy groups -OCH3 is 1. The van der Waals surface area contributed by atoms with Gasteiger partial charge in [0.25, 0.3) is 0 Å². The number of halogens is 2. The van der Waals surface area contributed by atoms with E-state index in [0.717, 1.165) is 57.9 Å². The summed E-state index contributed by atoms with van der Waals surface area (Å²) >= 11 is 12.2. The molecule has 1 aromatic rings. The molecule has 4 nitrogen and oxygen atoms in total. The van der Waals surface area contributed by atoms with Crippen LogP contribution in [-0.2, 0) is 11.3 Å². The fourth-order valence-electron chi connectivity index (χ4n) is 2.39. The average molecular weight is 333 g/mol. The molecule has 0 aromatic heterocycles. The Morgan fingerprint density at radius 1 is 1.24 bits per heavy atom. The largest absolute Gasteiger partial charge is 0.494 e. The number of ether oxygens (including phenoxy) is 2. The zero-order valence-corrected chi connectivity index (χ0v) is 13.8. The van der Waals surface area contributed by atoms with Crippen LogP contribution in [0.1, 0.15) is 12.0 Å². The highest BCUT2D eigenvalue weighted by Gasteiger charge is 2.10. The lowest BCUT2D eigenvalue weighted by Crippen LogP contribution is -2.37. The summed E-state index contributed by atoms with van der Waals surface area (Å²) in [5.41, 5.74) is 1.07. The summed E-state index contributed by atoms with van der Waals surface area (Å²) in [7, 11) is 1.57. The van der Waals surface area contributed by atoms with Gasteiger partial charge in [0, 0.05) is 19.6 Å². The summed E-state index contributed by atoms with van der Waals surface area (Å²) in [5, 5.41) is 4.52. The first kappa shape index (κ1) is 16.8. The molecule has 0 bridgehead atoms. The number of hydrogen-bond acceptors (Lipinski definition) is 4. The molecule has 0 atom stereocenters. The first-order chi connectivity index (χ1) is 10.2. The van der Waals surface area contributed by atoms with E-state index in [9.17, 15) is 0 Å². The van der Waals surface area contributed by atoms with Crippen molar-refractivity contribution in [3.05, 3.63) is 27.7 Å². The molecule has 1 aliphatic rings. The van der Waals surface area contributed by atoms with Gasteiger partial charge in [-0.05, 0) is 37.2 Å². The van der Waals surface area contributed by atoms with E-state index in [-0.39, 0.29) is 0 Å². The summed E-state index contributed by atoms with van der Waals surface area (Å²) < 4.78 is 10.5. The minimum Gasteiger partial charge on any atom is -0.494 e. The number of nitrogens with zero attached hydrogens (tertiary/aromatic N) is 1. The molecule has 1 aromatic carbocycles. The third-order valence-corrected chi connectivity index (χ3v) is 4.08.